The summed E-state index contributed by atoms with van der Waals surface area (Å²) in [5, 5.41) is 15.2. The van der Waals surface area contributed by atoms with E-state index in [2.05, 4.69) is 15.6 Å². The average Bonchev–Trinajstić information content (AvgIpc) is 2.91. The van der Waals surface area contributed by atoms with E-state index < -0.39 is 0 Å². The lowest BCUT2D eigenvalue weighted by atomic mass is 9.83. The molecular weight excluding hydrogens is 286 g/mol. The first-order valence-electron chi connectivity index (χ1n) is 7.75. The first-order valence-corrected chi connectivity index (χ1v) is 8.63. The van der Waals surface area contributed by atoms with Gasteiger partial charge in [0.15, 0.2) is 0 Å². The van der Waals surface area contributed by atoms with Crippen LogP contribution in [0.1, 0.15) is 49.1 Å². The first kappa shape index (κ1) is 16.2. The molecule has 6 heteroatoms. The van der Waals surface area contributed by atoms with Gasteiger partial charge in [0.05, 0.1) is 17.7 Å². The highest BCUT2D eigenvalue weighted by atomic mass is 32.1. The monoisotopic (exact) mass is 311 g/mol. The van der Waals surface area contributed by atoms with Crippen LogP contribution in [0.4, 0.5) is 4.79 Å². The highest BCUT2D eigenvalue weighted by Gasteiger charge is 2.24. The Bertz CT molecular complexity index is 444. The lowest BCUT2D eigenvalue weighted by Crippen LogP contribution is -2.46. The number of amides is 2. The Labute approximate surface area is 130 Å². The molecule has 2 amide bonds. The first-order chi connectivity index (χ1) is 10.2. The summed E-state index contributed by atoms with van der Waals surface area (Å²) in [6, 6.07) is -0.0651. The Balaban J connectivity index is 1.81. The van der Waals surface area contributed by atoms with E-state index >= 15 is 0 Å². The molecule has 1 aromatic heterocycles. The zero-order valence-corrected chi connectivity index (χ0v) is 13.4. The van der Waals surface area contributed by atoms with Crippen LogP contribution in [0.15, 0.2) is 5.51 Å². The fraction of sp³-hybridized carbons (Fsp3) is 0.733. The largest absolute Gasteiger partial charge is 0.396 e. The third-order valence-electron chi connectivity index (χ3n) is 4.23. The molecule has 0 bridgehead atoms. The summed E-state index contributed by atoms with van der Waals surface area (Å²) in [6.45, 7) is 2.58. The van der Waals surface area contributed by atoms with Gasteiger partial charge >= 0.3 is 6.03 Å². The van der Waals surface area contributed by atoms with Gasteiger partial charge in [-0.2, -0.15) is 0 Å². The number of hydrogen-bond donors (Lipinski definition) is 3. The van der Waals surface area contributed by atoms with E-state index in [0.29, 0.717) is 18.9 Å². The Morgan fingerprint density at radius 1 is 1.48 bits per heavy atom. The molecule has 1 fully saturated rings. The molecule has 2 rings (SSSR count). The molecule has 1 unspecified atom stereocenters. The third-order valence-corrected chi connectivity index (χ3v) is 5.16. The van der Waals surface area contributed by atoms with Crippen molar-refractivity contribution in [1.29, 1.82) is 0 Å². The van der Waals surface area contributed by atoms with Crippen molar-refractivity contribution in [2.45, 2.75) is 58.0 Å². The van der Waals surface area contributed by atoms with Gasteiger partial charge in [-0.25, -0.2) is 9.78 Å². The number of carbonyl (C=O) groups is 1. The number of thiazole rings is 1. The van der Waals surface area contributed by atoms with E-state index in [1.165, 1.54) is 19.3 Å². The zero-order chi connectivity index (χ0) is 15.1. The highest BCUT2D eigenvalue weighted by Crippen LogP contribution is 2.27. The molecule has 21 heavy (non-hydrogen) atoms. The van der Waals surface area contributed by atoms with Crippen molar-refractivity contribution in [2.24, 2.45) is 5.92 Å². The number of aryl methyl sites for hydroxylation is 1. The second-order valence-electron chi connectivity index (χ2n) is 5.70. The smallest absolute Gasteiger partial charge is 0.315 e. The fourth-order valence-corrected chi connectivity index (χ4v) is 3.69. The Hall–Kier alpha value is -1.14. The van der Waals surface area contributed by atoms with Crippen LogP contribution < -0.4 is 10.6 Å². The minimum atomic E-state index is -0.146. The minimum absolute atomic E-state index is 0.0813. The molecule has 1 atom stereocenters. The predicted octanol–water partition coefficient (Wildman–Crippen LogP) is 2.58. The van der Waals surface area contributed by atoms with Gasteiger partial charge in [0.25, 0.3) is 0 Å². The van der Waals surface area contributed by atoms with E-state index in [9.17, 15) is 9.90 Å². The van der Waals surface area contributed by atoms with Gasteiger partial charge in [-0.05, 0) is 32.1 Å². The number of carbonyl (C=O) groups excluding carboxylic acids is 1. The SMILES string of the molecule is Cc1ncsc1CNC(=O)NC(CCO)C1CCCCC1. The summed E-state index contributed by atoms with van der Waals surface area (Å²) >= 11 is 1.56. The summed E-state index contributed by atoms with van der Waals surface area (Å²) in [5.74, 6) is 0.502. The van der Waals surface area contributed by atoms with Crippen molar-refractivity contribution in [3.63, 3.8) is 0 Å². The third kappa shape index (κ3) is 4.97. The molecule has 0 aliphatic heterocycles. The van der Waals surface area contributed by atoms with Crippen molar-refractivity contribution >= 4 is 17.4 Å². The number of aliphatic hydroxyl groups is 1. The van der Waals surface area contributed by atoms with Crippen LogP contribution in [0.2, 0.25) is 0 Å². The number of aromatic nitrogens is 1. The number of hydrogen-bond acceptors (Lipinski definition) is 4. The molecule has 1 heterocycles. The molecule has 1 aromatic rings. The standard InChI is InChI=1S/C15H25N3O2S/c1-11-14(21-10-17-11)9-16-15(20)18-13(7-8-19)12-5-3-2-4-6-12/h10,12-13,19H,2-9H2,1H3,(H2,16,18,20). The van der Waals surface area contributed by atoms with Gasteiger partial charge in [0.1, 0.15) is 0 Å². The number of nitrogens with zero attached hydrogens (tertiary/aromatic N) is 1. The highest BCUT2D eigenvalue weighted by molar-refractivity contribution is 7.09. The van der Waals surface area contributed by atoms with Gasteiger partial charge in [0, 0.05) is 17.5 Å². The van der Waals surface area contributed by atoms with Crippen LogP contribution in [-0.2, 0) is 6.54 Å². The van der Waals surface area contributed by atoms with Gasteiger partial charge in [0.2, 0.25) is 0 Å². The van der Waals surface area contributed by atoms with Crippen LogP contribution in [0.3, 0.4) is 0 Å². The molecular formula is C15H25N3O2S. The summed E-state index contributed by atoms with van der Waals surface area (Å²) in [4.78, 5) is 17.3. The minimum Gasteiger partial charge on any atom is -0.396 e. The van der Waals surface area contributed by atoms with Gasteiger partial charge in [-0.3, -0.25) is 0 Å². The lowest BCUT2D eigenvalue weighted by molar-refractivity contribution is 0.196. The normalized spacial score (nSPS) is 17.4. The van der Waals surface area contributed by atoms with E-state index in [1.807, 2.05) is 6.92 Å². The molecule has 0 saturated heterocycles. The summed E-state index contributed by atoms with van der Waals surface area (Å²) in [6.07, 6.45) is 6.70. The maximum absolute atomic E-state index is 12.1. The number of urea groups is 1. The van der Waals surface area contributed by atoms with Crippen LogP contribution in [0, 0.1) is 12.8 Å². The van der Waals surface area contributed by atoms with E-state index in [1.54, 1.807) is 16.8 Å². The number of aliphatic hydroxyl groups excluding tert-OH is 1. The summed E-state index contributed by atoms with van der Waals surface area (Å²) in [5.41, 5.74) is 2.76. The number of rotatable bonds is 6. The maximum atomic E-state index is 12.1. The zero-order valence-electron chi connectivity index (χ0n) is 12.6. The van der Waals surface area contributed by atoms with E-state index in [0.717, 1.165) is 23.4 Å². The van der Waals surface area contributed by atoms with Crippen LogP contribution in [0.25, 0.3) is 0 Å². The molecule has 3 N–H and O–H groups in total. The Morgan fingerprint density at radius 2 is 2.24 bits per heavy atom. The molecule has 1 saturated carbocycles. The van der Waals surface area contributed by atoms with E-state index in [-0.39, 0.29) is 18.7 Å². The van der Waals surface area contributed by atoms with Crippen LogP contribution in [0.5, 0.6) is 0 Å². The van der Waals surface area contributed by atoms with Crippen molar-refractivity contribution < 1.29 is 9.90 Å². The van der Waals surface area contributed by atoms with Gasteiger partial charge < -0.3 is 15.7 Å². The second-order valence-corrected chi connectivity index (χ2v) is 6.64. The average molecular weight is 311 g/mol. The molecule has 118 valence electrons. The van der Waals surface area contributed by atoms with Gasteiger partial charge in [-0.15, -0.1) is 11.3 Å². The molecule has 1 aliphatic rings. The summed E-state index contributed by atoms with van der Waals surface area (Å²) in [7, 11) is 0. The van der Waals surface area contributed by atoms with E-state index in [4.69, 9.17) is 0 Å². The predicted molar refractivity (Wildman–Crippen MR) is 84.3 cm³/mol. The molecule has 5 nitrogen and oxygen atoms in total. The van der Waals surface area contributed by atoms with Crippen molar-refractivity contribution in [3.05, 3.63) is 16.1 Å². The van der Waals surface area contributed by atoms with Gasteiger partial charge in [-0.1, -0.05) is 19.3 Å². The Morgan fingerprint density at radius 3 is 2.86 bits per heavy atom. The molecule has 0 aromatic carbocycles. The second kappa shape index (κ2) is 8.34. The summed E-state index contributed by atoms with van der Waals surface area (Å²) < 4.78 is 0. The van der Waals surface area contributed by atoms with Crippen molar-refractivity contribution in [1.82, 2.24) is 15.6 Å². The van der Waals surface area contributed by atoms with Crippen LogP contribution >= 0.6 is 11.3 Å². The molecule has 0 spiro atoms. The topological polar surface area (TPSA) is 74.2 Å². The molecule has 1 aliphatic carbocycles. The van der Waals surface area contributed by atoms with Crippen LogP contribution in [-0.4, -0.2) is 28.8 Å². The lowest BCUT2D eigenvalue weighted by Gasteiger charge is -2.30. The number of nitrogens with one attached hydrogen (secondary N) is 2. The van der Waals surface area contributed by atoms with Crippen molar-refractivity contribution in [2.75, 3.05) is 6.61 Å². The quantitative estimate of drug-likeness (QED) is 0.756. The Kier molecular flexibility index (Phi) is 6.45. The molecule has 0 radical (unpaired) electrons. The maximum Gasteiger partial charge on any atom is 0.315 e. The van der Waals surface area contributed by atoms with Crippen molar-refractivity contribution in [3.8, 4) is 0 Å². The fourth-order valence-electron chi connectivity index (χ4n) is 2.98.